The van der Waals surface area contributed by atoms with Crippen LogP contribution in [0.25, 0.3) is 0 Å². The molecule has 0 aliphatic heterocycles. The van der Waals surface area contributed by atoms with Crippen LogP contribution in [0.3, 0.4) is 0 Å². The van der Waals surface area contributed by atoms with Crippen molar-refractivity contribution >= 4 is 0 Å². The molecule has 0 radical (unpaired) electrons. The van der Waals surface area contributed by atoms with Gasteiger partial charge in [-0.2, -0.15) is 0 Å². The standard InChI is InChI=1S/C11H24O/c1-5-7-10(3)8-11(4,6-2)9-12/h10,12H,5-9H2,1-4H3. The number of aliphatic hydroxyl groups excluding tert-OH is 1. The van der Waals surface area contributed by atoms with Crippen molar-refractivity contribution in [3.8, 4) is 0 Å². The van der Waals surface area contributed by atoms with E-state index in [1.807, 2.05) is 0 Å². The molecule has 0 aromatic heterocycles. The molecule has 0 saturated carbocycles. The van der Waals surface area contributed by atoms with Gasteiger partial charge in [0.2, 0.25) is 0 Å². The summed E-state index contributed by atoms with van der Waals surface area (Å²) in [6.07, 6.45) is 4.79. The van der Waals surface area contributed by atoms with Gasteiger partial charge in [0.15, 0.2) is 0 Å². The summed E-state index contributed by atoms with van der Waals surface area (Å²) in [5.41, 5.74) is 0.161. The van der Waals surface area contributed by atoms with Gasteiger partial charge in [-0.1, -0.05) is 40.5 Å². The fourth-order valence-electron chi connectivity index (χ4n) is 1.76. The van der Waals surface area contributed by atoms with Crippen LogP contribution in [0.15, 0.2) is 0 Å². The van der Waals surface area contributed by atoms with Crippen LogP contribution in [0, 0.1) is 11.3 Å². The molecule has 0 fully saturated rings. The molecule has 0 aromatic rings. The van der Waals surface area contributed by atoms with E-state index in [-0.39, 0.29) is 5.41 Å². The van der Waals surface area contributed by atoms with Gasteiger partial charge in [0, 0.05) is 6.61 Å². The van der Waals surface area contributed by atoms with Crippen molar-refractivity contribution in [2.75, 3.05) is 6.61 Å². The lowest BCUT2D eigenvalue weighted by atomic mass is 9.79. The maximum absolute atomic E-state index is 9.20. The summed E-state index contributed by atoms with van der Waals surface area (Å²) in [5.74, 6) is 0.757. The molecule has 0 aromatic carbocycles. The topological polar surface area (TPSA) is 20.2 Å². The lowest BCUT2D eigenvalue weighted by molar-refractivity contribution is 0.109. The van der Waals surface area contributed by atoms with E-state index < -0.39 is 0 Å². The van der Waals surface area contributed by atoms with E-state index in [1.165, 1.54) is 12.8 Å². The van der Waals surface area contributed by atoms with E-state index in [2.05, 4.69) is 27.7 Å². The molecule has 0 bridgehead atoms. The van der Waals surface area contributed by atoms with Crippen molar-refractivity contribution in [3.05, 3.63) is 0 Å². The van der Waals surface area contributed by atoms with Crippen LogP contribution in [0.1, 0.15) is 53.4 Å². The Morgan fingerprint density at radius 1 is 1.33 bits per heavy atom. The van der Waals surface area contributed by atoms with Crippen LogP contribution in [0.5, 0.6) is 0 Å². The highest BCUT2D eigenvalue weighted by Crippen LogP contribution is 2.30. The Morgan fingerprint density at radius 2 is 1.92 bits per heavy atom. The van der Waals surface area contributed by atoms with Gasteiger partial charge in [-0.25, -0.2) is 0 Å². The fourth-order valence-corrected chi connectivity index (χ4v) is 1.76. The van der Waals surface area contributed by atoms with Gasteiger partial charge in [0.25, 0.3) is 0 Å². The third kappa shape index (κ3) is 4.10. The maximum atomic E-state index is 9.20. The first-order valence-corrected chi connectivity index (χ1v) is 5.18. The summed E-state index contributed by atoms with van der Waals surface area (Å²) < 4.78 is 0. The van der Waals surface area contributed by atoms with Crippen molar-refractivity contribution in [1.29, 1.82) is 0 Å². The Hall–Kier alpha value is -0.0400. The SMILES string of the molecule is CCCC(C)CC(C)(CC)CO. The second-order valence-corrected chi connectivity index (χ2v) is 4.42. The van der Waals surface area contributed by atoms with Gasteiger partial charge in [0.1, 0.15) is 0 Å². The van der Waals surface area contributed by atoms with E-state index in [9.17, 15) is 5.11 Å². The third-order valence-electron chi connectivity index (χ3n) is 2.86. The van der Waals surface area contributed by atoms with Gasteiger partial charge < -0.3 is 5.11 Å². The van der Waals surface area contributed by atoms with Crippen LogP contribution in [0.4, 0.5) is 0 Å². The van der Waals surface area contributed by atoms with Crippen molar-refractivity contribution in [3.63, 3.8) is 0 Å². The summed E-state index contributed by atoms with van der Waals surface area (Å²) in [7, 11) is 0. The van der Waals surface area contributed by atoms with Crippen molar-refractivity contribution < 1.29 is 5.11 Å². The second kappa shape index (κ2) is 5.58. The quantitative estimate of drug-likeness (QED) is 0.652. The van der Waals surface area contributed by atoms with Crippen molar-refractivity contribution in [2.24, 2.45) is 11.3 Å². The molecular formula is C11H24O. The molecule has 0 saturated heterocycles. The molecule has 0 rings (SSSR count). The van der Waals surface area contributed by atoms with E-state index in [0.29, 0.717) is 6.61 Å². The van der Waals surface area contributed by atoms with E-state index in [0.717, 1.165) is 18.8 Å². The molecule has 2 atom stereocenters. The predicted octanol–water partition coefficient (Wildman–Crippen LogP) is 3.22. The zero-order valence-electron chi connectivity index (χ0n) is 9.06. The van der Waals surface area contributed by atoms with Crippen molar-refractivity contribution in [2.45, 2.75) is 53.4 Å². The minimum atomic E-state index is 0.161. The highest BCUT2D eigenvalue weighted by Gasteiger charge is 2.23. The first kappa shape index (κ1) is 12.0. The zero-order valence-corrected chi connectivity index (χ0v) is 9.06. The van der Waals surface area contributed by atoms with Crippen LogP contribution in [0.2, 0.25) is 0 Å². The molecular weight excluding hydrogens is 148 g/mol. The molecule has 1 nitrogen and oxygen atoms in total. The maximum Gasteiger partial charge on any atom is 0.0484 e. The Balaban J connectivity index is 3.84. The molecule has 1 N–H and O–H groups in total. The third-order valence-corrected chi connectivity index (χ3v) is 2.86. The molecule has 1 heteroatoms. The molecule has 0 amide bonds. The summed E-state index contributed by atoms with van der Waals surface area (Å²) >= 11 is 0. The average Bonchev–Trinajstić information content (AvgIpc) is 2.05. The molecule has 0 aliphatic rings. The number of rotatable bonds is 6. The van der Waals surface area contributed by atoms with Gasteiger partial charge in [0.05, 0.1) is 0 Å². The highest BCUT2D eigenvalue weighted by atomic mass is 16.3. The minimum Gasteiger partial charge on any atom is -0.396 e. The second-order valence-electron chi connectivity index (χ2n) is 4.42. The molecule has 0 heterocycles. The highest BCUT2D eigenvalue weighted by molar-refractivity contribution is 4.73. The Morgan fingerprint density at radius 3 is 2.25 bits per heavy atom. The minimum absolute atomic E-state index is 0.161. The van der Waals surface area contributed by atoms with Crippen LogP contribution in [-0.2, 0) is 0 Å². The lowest BCUT2D eigenvalue weighted by Crippen LogP contribution is -2.23. The van der Waals surface area contributed by atoms with Crippen molar-refractivity contribution in [1.82, 2.24) is 0 Å². The number of hydrogen-bond donors (Lipinski definition) is 1. The smallest absolute Gasteiger partial charge is 0.0484 e. The predicted molar refractivity (Wildman–Crippen MR) is 54.2 cm³/mol. The summed E-state index contributed by atoms with van der Waals surface area (Å²) in [6.45, 7) is 9.18. The molecule has 2 unspecified atom stereocenters. The first-order chi connectivity index (χ1) is 5.58. The summed E-state index contributed by atoms with van der Waals surface area (Å²) in [6, 6.07) is 0. The first-order valence-electron chi connectivity index (χ1n) is 5.18. The molecule has 0 spiro atoms. The number of hydrogen-bond acceptors (Lipinski definition) is 1. The van der Waals surface area contributed by atoms with Gasteiger partial charge in [-0.15, -0.1) is 0 Å². The van der Waals surface area contributed by atoms with Crippen LogP contribution < -0.4 is 0 Å². The summed E-state index contributed by atoms with van der Waals surface area (Å²) in [5, 5.41) is 9.20. The largest absolute Gasteiger partial charge is 0.396 e. The Labute approximate surface area is 77.2 Å². The van der Waals surface area contributed by atoms with Gasteiger partial charge in [-0.3, -0.25) is 0 Å². The zero-order chi connectivity index (χ0) is 9.61. The van der Waals surface area contributed by atoms with Crippen LogP contribution >= 0.6 is 0 Å². The van der Waals surface area contributed by atoms with Crippen LogP contribution in [-0.4, -0.2) is 11.7 Å². The molecule has 12 heavy (non-hydrogen) atoms. The Kier molecular flexibility index (Phi) is 5.56. The summed E-state index contributed by atoms with van der Waals surface area (Å²) in [4.78, 5) is 0. The fraction of sp³-hybridized carbons (Fsp3) is 1.00. The van der Waals surface area contributed by atoms with Gasteiger partial charge >= 0.3 is 0 Å². The normalized spacial score (nSPS) is 18.8. The number of aliphatic hydroxyl groups is 1. The molecule has 0 aliphatic carbocycles. The van der Waals surface area contributed by atoms with Gasteiger partial charge in [-0.05, 0) is 24.2 Å². The average molecular weight is 172 g/mol. The lowest BCUT2D eigenvalue weighted by Gasteiger charge is -2.28. The van der Waals surface area contributed by atoms with E-state index in [4.69, 9.17) is 0 Å². The monoisotopic (exact) mass is 172 g/mol. The van der Waals surface area contributed by atoms with E-state index >= 15 is 0 Å². The van der Waals surface area contributed by atoms with E-state index in [1.54, 1.807) is 0 Å². The Bertz CT molecular complexity index is 106. The molecule has 74 valence electrons.